The predicted octanol–water partition coefficient (Wildman–Crippen LogP) is 3.81. The highest BCUT2D eigenvalue weighted by Gasteiger charge is 2.22. The minimum Gasteiger partial charge on any atom is -0.388 e. The van der Waals surface area contributed by atoms with Gasteiger partial charge in [0.25, 0.3) is 5.56 Å². The molecule has 1 unspecified atom stereocenters. The van der Waals surface area contributed by atoms with E-state index in [1.165, 1.54) is 0 Å². The van der Waals surface area contributed by atoms with Gasteiger partial charge in [-0.1, -0.05) is 39.8 Å². The van der Waals surface area contributed by atoms with Crippen LogP contribution in [0, 0.1) is 12.8 Å². The van der Waals surface area contributed by atoms with Crippen molar-refractivity contribution in [3.8, 4) is 11.4 Å². The highest BCUT2D eigenvalue weighted by Crippen LogP contribution is 2.31. The fraction of sp³-hybridized carbons (Fsp3) is 0.381. The number of aryl methyl sites for hydroxylation is 2. The van der Waals surface area contributed by atoms with Crippen LogP contribution in [0.25, 0.3) is 33.5 Å². The van der Waals surface area contributed by atoms with Gasteiger partial charge >= 0.3 is 0 Å². The van der Waals surface area contributed by atoms with E-state index < -0.39 is 0 Å². The second-order valence-corrected chi connectivity index (χ2v) is 7.24. The molecule has 30 heavy (non-hydrogen) atoms. The molecule has 0 bridgehead atoms. The Labute approximate surface area is 184 Å². The maximum atomic E-state index is 12.9. The first-order chi connectivity index (χ1) is 13.8. The molecule has 0 saturated carbocycles. The highest BCUT2D eigenvalue weighted by atomic mass is 32.1. The lowest BCUT2D eigenvalue weighted by Gasteiger charge is -2.21. The first-order valence-electron chi connectivity index (χ1n) is 9.92. The number of imidazole rings is 1. The van der Waals surface area contributed by atoms with E-state index in [0.717, 1.165) is 16.6 Å². The molecule has 0 aliphatic carbocycles. The van der Waals surface area contributed by atoms with E-state index in [1.807, 2.05) is 59.9 Å². The van der Waals surface area contributed by atoms with Crippen LogP contribution in [-0.4, -0.2) is 38.5 Å². The topological polar surface area (TPSA) is 91.4 Å². The van der Waals surface area contributed by atoms with Gasteiger partial charge in [0.05, 0.1) is 30.1 Å². The third-order valence-corrected chi connectivity index (χ3v) is 4.77. The van der Waals surface area contributed by atoms with Crippen LogP contribution in [0.5, 0.6) is 0 Å². The summed E-state index contributed by atoms with van der Waals surface area (Å²) in [7, 11) is 8.07. The largest absolute Gasteiger partial charge is 0.388 e. The summed E-state index contributed by atoms with van der Waals surface area (Å²) in [6.07, 6.45) is 1.77. The molecule has 1 aromatic carbocycles. The van der Waals surface area contributed by atoms with Gasteiger partial charge in [0.1, 0.15) is 16.9 Å². The van der Waals surface area contributed by atoms with Crippen LogP contribution in [-0.2, 0) is 7.05 Å². The van der Waals surface area contributed by atoms with Crippen molar-refractivity contribution >= 4 is 49.1 Å². The molecular weight excluding hydrogens is 395 g/mol. The van der Waals surface area contributed by atoms with Gasteiger partial charge < -0.3 is 15.3 Å². The Morgan fingerprint density at radius 2 is 1.83 bits per heavy atom. The van der Waals surface area contributed by atoms with Gasteiger partial charge in [-0.3, -0.25) is 9.48 Å². The summed E-state index contributed by atoms with van der Waals surface area (Å²) in [5, 5.41) is 7.80. The summed E-state index contributed by atoms with van der Waals surface area (Å²) in [6.45, 7) is 10.0. The van der Waals surface area contributed by atoms with E-state index in [4.69, 9.17) is 7.85 Å². The summed E-state index contributed by atoms with van der Waals surface area (Å²) in [5.74, 6) is 0.335. The smallest absolute Gasteiger partial charge is 0.261 e. The number of aromatic nitrogens is 5. The number of benzene rings is 1. The van der Waals surface area contributed by atoms with E-state index >= 15 is 0 Å². The molecular formula is C21H29BN6OS. The molecule has 0 spiro atoms. The SMILES string of the molecule is CC.S.[B]C(Nc1c(-c2nc3c(C)cccc3[nH]2)c(=O)[nH]c2cn(C)nc12)C(C)C. The zero-order chi connectivity index (χ0) is 21.3. The van der Waals surface area contributed by atoms with Gasteiger partial charge in [-0.15, -0.1) is 0 Å². The number of hydrogen-bond donors (Lipinski definition) is 3. The Morgan fingerprint density at radius 3 is 2.47 bits per heavy atom. The van der Waals surface area contributed by atoms with Gasteiger partial charge in [-0.25, -0.2) is 4.98 Å². The van der Waals surface area contributed by atoms with E-state index in [0.29, 0.717) is 28.1 Å². The molecule has 158 valence electrons. The Balaban J connectivity index is 0.00000104. The maximum Gasteiger partial charge on any atom is 0.261 e. The average Bonchev–Trinajstić information content (AvgIpc) is 3.26. The zero-order valence-electron chi connectivity index (χ0n) is 18.3. The molecule has 2 radical (unpaired) electrons. The van der Waals surface area contributed by atoms with Crippen molar-refractivity contribution in [3.63, 3.8) is 0 Å². The van der Waals surface area contributed by atoms with Crippen LogP contribution >= 0.6 is 13.5 Å². The average molecular weight is 424 g/mol. The van der Waals surface area contributed by atoms with Gasteiger partial charge in [0.15, 0.2) is 0 Å². The van der Waals surface area contributed by atoms with E-state index in [1.54, 1.807) is 10.9 Å². The standard InChI is InChI=1S/C19H21BN6O.C2H6.H2S/c1-9(2)17(20)23-16-13(19(27)22-12-8-26(4)25-15(12)16)18-21-11-7-5-6-10(3)14(11)24-18;1-2;/h5-9,17,23H,1-4H3,(H,21,24)(H,22,27);1-2H3;1H2. The number of anilines is 1. The number of H-pyrrole nitrogens is 2. The van der Waals surface area contributed by atoms with Gasteiger partial charge in [0, 0.05) is 13.2 Å². The van der Waals surface area contributed by atoms with Crippen molar-refractivity contribution < 1.29 is 0 Å². The molecule has 3 heterocycles. The summed E-state index contributed by atoms with van der Waals surface area (Å²) in [5.41, 5.74) is 4.82. The number of aromatic amines is 2. The Bertz CT molecular complexity index is 1210. The number of hydrogen-bond acceptors (Lipinski definition) is 4. The van der Waals surface area contributed by atoms with Crippen LogP contribution in [0.3, 0.4) is 0 Å². The quantitative estimate of drug-likeness (QED) is 0.435. The van der Waals surface area contributed by atoms with Gasteiger partial charge in [-0.05, 0) is 30.4 Å². The van der Waals surface area contributed by atoms with Crippen LogP contribution in [0.1, 0.15) is 33.3 Å². The minimum absolute atomic E-state index is 0. The Hall–Kier alpha value is -2.68. The minimum atomic E-state index is -0.332. The lowest BCUT2D eigenvalue weighted by molar-refractivity contribution is 0.643. The molecule has 0 saturated heterocycles. The molecule has 1 atom stereocenters. The Kier molecular flexibility index (Phi) is 7.41. The fourth-order valence-electron chi connectivity index (χ4n) is 3.18. The van der Waals surface area contributed by atoms with E-state index in [-0.39, 0.29) is 30.9 Å². The molecule has 4 aromatic rings. The summed E-state index contributed by atoms with van der Waals surface area (Å²) >= 11 is 0. The van der Waals surface area contributed by atoms with E-state index in [9.17, 15) is 4.79 Å². The van der Waals surface area contributed by atoms with Crippen LogP contribution in [0.15, 0.2) is 29.2 Å². The van der Waals surface area contributed by atoms with E-state index in [2.05, 4.69) is 25.4 Å². The number of para-hydroxylation sites is 1. The number of nitrogens with one attached hydrogen (secondary N) is 3. The first-order valence-corrected chi connectivity index (χ1v) is 9.92. The lowest BCUT2D eigenvalue weighted by atomic mass is 9.85. The summed E-state index contributed by atoms with van der Waals surface area (Å²) in [6, 6.07) is 5.89. The van der Waals surface area contributed by atoms with Crippen molar-refractivity contribution in [2.24, 2.45) is 13.0 Å². The van der Waals surface area contributed by atoms with Crippen LogP contribution in [0.4, 0.5) is 5.69 Å². The summed E-state index contributed by atoms with van der Waals surface area (Å²) in [4.78, 5) is 23.8. The van der Waals surface area contributed by atoms with Crippen molar-refractivity contribution in [1.29, 1.82) is 0 Å². The third-order valence-electron chi connectivity index (χ3n) is 4.77. The van der Waals surface area contributed by atoms with Crippen molar-refractivity contribution in [2.45, 2.75) is 40.6 Å². The number of rotatable bonds is 4. The van der Waals surface area contributed by atoms with Gasteiger partial charge in [-0.2, -0.15) is 18.6 Å². The molecule has 3 N–H and O–H groups in total. The summed E-state index contributed by atoms with van der Waals surface area (Å²) < 4.78 is 1.67. The lowest BCUT2D eigenvalue weighted by Crippen LogP contribution is -2.27. The monoisotopic (exact) mass is 424 g/mol. The second-order valence-electron chi connectivity index (χ2n) is 7.24. The predicted molar refractivity (Wildman–Crippen MR) is 131 cm³/mol. The molecule has 3 aromatic heterocycles. The highest BCUT2D eigenvalue weighted by molar-refractivity contribution is 7.59. The molecule has 9 heteroatoms. The molecule has 0 amide bonds. The molecule has 0 aliphatic rings. The molecule has 0 aliphatic heterocycles. The van der Waals surface area contributed by atoms with Gasteiger partial charge in [0.2, 0.25) is 0 Å². The Morgan fingerprint density at radius 1 is 1.13 bits per heavy atom. The van der Waals surface area contributed by atoms with Crippen molar-refractivity contribution in [2.75, 3.05) is 5.32 Å². The molecule has 4 rings (SSSR count). The van der Waals surface area contributed by atoms with Crippen molar-refractivity contribution in [1.82, 2.24) is 24.7 Å². The fourth-order valence-corrected chi connectivity index (χ4v) is 3.18. The van der Waals surface area contributed by atoms with Crippen LogP contribution < -0.4 is 10.9 Å². The number of pyridine rings is 1. The second kappa shape index (κ2) is 9.42. The third kappa shape index (κ3) is 4.26. The van der Waals surface area contributed by atoms with Crippen molar-refractivity contribution in [3.05, 3.63) is 40.3 Å². The molecule has 7 nitrogen and oxygen atoms in total. The molecule has 0 fully saturated rings. The maximum absolute atomic E-state index is 12.9. The zero-order valence-corrected chi connectivity index (χ0v) is 19.3. The number of fused-ring (bicyclic) bond motifs is 2. The number of nitrogens with zero attached hydrogens (tertiary/aromatic N) is 3. The normalized spacial score (nSPS) is 11.8. The van der Waals surface area contributed by atoms with Crippen LogP contribution in [0.2, 0.25) is 0 Å². The first kappa shape index (κ1) is 23.6.